The third-order valence-electron chi connectivity index (χ3n) is 4.47. The first-order chi connectivity index (χ1) is 13.1. The van der Waals surface area contributed by atoms with E-state index >= 15 is 0 Å². The third kappa shape index (κ3) is 4.26. The molecule has 1 N–H and O–H groups in total. The molecule has 3 rings (SSSR count). The summed E-state index contributed by atoms with van der Waals surface area (Å²) < 4.78 is 5.60. The summed E-state index contributed by atoms with van der Waals surface area (Å²) in [5.41, 5.74) is 2.10. The van der Waals surface area contributed by atoms with Crippen molar-refractivity contribution in [1.82, 2.24) is 5.32 Å². The number of hydrogen-bond acceptors (Lipinski definition) is 4. The van der Waals surface area contributed by atoms with Gasteiger partial charge in [0.25, 0.3) is 0 Å². The second-order valence-corrected chi connectivity index (χ2v) is 6.34. The number of nitriles is 1. The van der Waals surface area contributed by atoms with Crippen LogP contribution in [0.5, 0.6) is 5.75 Å². The predicted octanol–water partition coefficient (Wildman–Crippen LogP) is 2.63. The van der Waals surface area contributed by atoms with E-state index in [4.69, 9.17) is 10.00 Å². The molecule has 1 atom stereocenters. The molecule has 1 fully saturated rings. The number of ether oxygens (including phenoxy) is 1. The van der Waals surface area contributed by atoms with Crippen LogP contribution in [-0.2, 0) is 16.1 Å². The SMILES string of the molecule is CCOc1ccccc1N1CC(C(=O)NCc2cccc(C#N)c2)CC1=O. The molecule has 1 saturated heterocycles. The van der Waals surface area contributed by atoms with Crippen LogP contribution < -0.4 is 15.0 Å². The molecule has 6 nitrogen and oxygen atoms in total. The van der Waals surface area contributed by atoms with Crippen molar-refractivity contribution in [3.05, 3.63) is 59.7 Å². The number of benzene rings is 2. The second-order valence-electron chi connectivity index (χ2n) is 6.34. The van der Waals surface area contributed by atoms with Gasteiger partial charge in [-0.15, -0.1) is 0 Å². The first-order valence-electron chi connectivity index (χ1n) is 8.91. The highest BCUT2D eigenvalue weighted by Crippen LogP contribution is 2.33. The summed E-state index contributed by atoms with van der Waals surface area (Å²) in [5.74, 6) is -0.0232. The lowest BCUT2D eigenvalue weighted by Gasteiger charge is -2.20. The summed E-state index contributed by atoms with van der Waals surface area (Å²) in [7, 11) is 0. The fraction of sp³-hybridized carbons (Fsp3) is 0.286. The first-order valence-corrected chi connectivity index (χ1v) is 8.91. The number of amides is 2. The van der Waals surface area contributed by atoms with Crippen LogP contribution in [0.3, 0.4) is 0 Å². The van der Waals surface area contributed by atoms with E-state index in [0.29, 0.717) is 36.7 Å². The van der Waals surface area contributed by atoms with Crippen LogP contribution >= 0.6 is 0 Å². The van der Waals surface area contributed by atoms with E-state index in [1.54, 1.807) is 23.1 Å². The Morgan fingerprint density at radius 2 is 2.11 bits per heavy atom. The van der Waals surface area contributed by atoms with E-state index < -0.39 is 5.92 Å². The summed E-state index contributed by atoms with van der Waals surface area (Å²) in [6.45, 7) is 3.05. The number of nitrogens with zero attached hydrogens (tertiary/aromatic N) is 2. The van der Waals surface area contributed by atoms with Crippen LogP contribution in [0.4, 0.5) is 5.69 Å². The van der Waals surface area contributed by atoms with Crippen molar-refractivity contribution in [3.8, 4) is 11.8 Å². The Labute approximate surface area is 158 Å². The van der Waals surface area contributed by atoms with E-state index in [2.05, 4.69) is 11.4 Å². The Hall–Kier alpha value is -3.33. The first kappa shape index (κ1) is 18.5. The lowest BCUT2D eigenvalue weighted by atomic mass is 10.1. The minimum Gasteiger partial charge on any atom is -0.492 e. The van der Waals surface area contributed by atoms with Gasteiger partial charge in [0.1, 0.15) is 5.75 Å². The highest BCUT2D eigenvalue weighted by Gasteiger charge is 2.36. The molecule has 0 aromatic heterocycles. The molecule has 2 aromatic rings. The molecule has 0 saturated carbocycles. The number of nitrogens with one attached hydrogen (secondary N) is 1. The van der Waals surface area contributed by atoms with Crippen molar-refractivity contribution >= 4 is 17.5 Å². The maximum absolute atomic E-state index is 12.5. The summed E-state index contributed by atoms with van der Waals surface area (Å²) in [6, 6.07) is 16.5. The minimum atomic E-state index is -0.411. The third-order valence-corrected chi connectivity index (χ3v) is 4.47. The van der Waals surface area contributed by atoms with Gasteiger partial charge in [0.15, 0.2) is 0 Å². The molecule has 1 aliphatic heterocycles. The zero-order valence-corrected chi connectivity index (χ0v) is 15.1. The molecule has 6 heteroatoms. The molecule has 0 radical (unpaired) electrons. The van der Waals surface area contributed by atoms with E-state index in [9.17, 15) is 9.59 Å². The fourth-order valence-electron chi connectivity index (χ4n) is 3.16. The van der Waals surface area contributed by atoms with Gasteiger partial charge in [-0.05, 0) is 36.8 Å². The Morgan fingerprint density at radius 3 is 2.89 bits per heavy atom. The average molecular weight is 363 g/mol. The smallest absolute Gasteiger partial charge is 0.227 e. The van der Waals surface area contributed by atoms with Gasteiger partial charge in [0.2, 0.25) is 11.8 Å². The number of hydrogen-bond donors (Lipinski definition) is 1. The molecule has 0 bridgehead atoms. The van der Waals surface area contributed by atoms with E-state index in [0.717, 1.165) is 5.56 Å². The quantitative estimate of drug-likeness (QED) is 0.855. The maximum atomic E-state index is 12.5. The molecular weight excluding hydrogens is 342 g/mol. The van der Waals surface area contributed by atoms with E-state index in [-0.39, 0.29) is 18.2 Å². The molecular formula is C21H21N3O3. The largest absolute Gasteiger partial charge is 0.492 e. The molecule has 27 heavy (non-hydrogen) atoms. The Kier molecular flexibility index (Phi) is 5.72. The van der Waals surface area contributed by atoms with E-state index in [1.165, 1.54) is 0 Å². The number of carbonyl (C=O) groups is 2. The number of rotatable bonds is 6. The van der Waals surface area contributed by atoms with Gasteiger partial charge in [-0.1, -0.05) is 24.3 Å². The molecule has 1 heterocycles. The van der Waals surface area contributed by atoms with Gasteiger partial charge in [-0.25, -0.2) is 0 Å². The Morgan fingerprint density at radius 1 is 1.30 bits per heavy atom. The molecule has 0 spiro atoms. The molecule has 2 amide bonds. The Balaban J connectivity index is 1.65. The van der Waals surface area contributed by atoms with Crippen molar-refractivity contribution in [1.29, 1.82) is 5.26 Å². The highest BCUT2D eigenvalue weighted by atomic mass is 16.5. The fourth-order valence-corrected chi connectivity index (χ4v) is 3.16. The zero-order chi connectivity index (χ0) is 19.2. The monoisotopic (exact) mass is 363 g/mol. The summed E-state index contributed by atoms with van der Waals surface area (Å²) in [4.78, 5) is 26.6. The topological polar surface area (TPSA) is 82.4 Å². The van der Waals surface area contributed by atoms with Gasteiger partial charge < -0.3 is 15.0 Å². The standard InChI is InChI=1S/C21H21N3O3/c1-2-27-19-9-4-3-8-18(19)24-14-17(11-20(24)25)21(26)23-13-16-7-5-6-15(10-16)12-22/h3-10,17H,2,11,13-14H2,1H3,(H,23,26). The van der Waals surface area contributed by atoms with Gasteiger partial charge in [-0.2, -0.15) is 5.26 Å². The molecule has 138 valence electrons. The van der Waals surface area contributed by atoms with Gasteiger partial charge in [0.05, 0.1) is 29.8 Å². The number of para-hydroxylation sites is 2. The van der Waals surface area contributed by atoms with Crippen molar-refractivity contribution in [2.45, 2.75) is 19.9 Å². The van der Waals surface area contributed by atoms with Gasteiger partial charge in [0, 0.05) is 19.5 Å². The summed E-state index contributed by atoms with van der Waals surface area (Å²) >= 11 is 0. The van der Waals surface area contributed by atoms with Gasteiger partial charge >= 0.3 is 0 Å². The molecule has 1 aliphatic rings. The van der Waals surface area contributed by atoms with Crippen LogP contribution in [-0.4, -0.2) is 25.0 Å². The van der Waals surface area contributed by atoms with Crippen molar-refractivity contribution in [3.63, 3.8) is 0 Å². The van der Waals surface area contributed by atoms with Crippen LogP contribution in [0.1, 0.15) is 24.5 Å². The van der Waals surface area contributed by atoms with Crippen LogP contribution in [0, 0.1) is 17.2 Å². The normalized spacial score (nSPS) is 16.1. The number of anilines is 1. The second kappa shape index (κ2) is 8.37. The summed E-state index contributed by atoms with van der Waals surface area (Å²) in [6.07, 6.45) is 0.171. The Bertz CT molecular complexity index is 888. The highest BCUT2D eigenvalue weighted by molar-refractivity contribution is 6.01. The lowest BCUT2D eigenvalue weighted by molar-refractivity contribution is -0.126. The van der Waals surface area contributed by atoms with Crippen molar-refractivity contribution < 1.29 is 14.3 Å². The zero-order valence-electron chi connectivity index (χ0n) is 15.1. The minimum absolute atomic E-state index is 0.0891. The molecule has 0 aliphatic carbocycles. The van der Waals surface area contributed by atoms with Crippen LogP contribution in [0.25, 0.3) is 0 Å². The molecule has 1 unspecified atom stereocenters. The van der Waals surface area contributed by atoms with Crippen LogP contribution in [0.2, 0.25) is 0 Å². The van der Waals surface area contributed by atoms with Gasteiger partial charge in [-0.3, -0.25) is 9.59 Å². The predicted molar refractivity (Wildman–Crippen MR) is 101 cm³/mol. The van der Waals surface area contributed by atoms with Crippen molar-refractivity contribution in [2.75, 3.05) is 18.1 Å². The maximum Gasteiger partial charge on any atom is 0.227 e. The molecule has 2 aromatic carbocycles. The number of carbonyl (C=O) groups excluding carboxylic acids is 2. The van der Waals surface area contributed by atoms with Crippen LogP contribution in [0.15, 0.2) is 48.5 Å². The lowest BCUT2D eigenvalue weighted by Crippen LogP contribution is -2.32. The average Bonchev–Trinajstić information content (AvgIpc) is 3.08. The summed E-state index contributed by atoms with van der Waals surface area (Å²) in [5, 5.41) is 11.8. The van der Waals surface area contributed by atoms with Crippen molar-refractivity contribution in [2.24, 2.45) is 5.92 Å². The van der Waals surface area contributed by atoms with E-state index in [1.807, 2.05) is 37.3 Å².